The SMILES string of the molecule is CC(C)(C)OC(=O)N[C@H](CCCCN=[N+]=[N-])C(=O)OC1C(COP(=O)(O)O[C@H]2C[C@H](n3ccc(N)nc3=O)O[C@@H]2COP(=O)(O)O)OC(n2cnc3c(N)ncnc32)C1O. The van der Waals surface area contributed by atoms with Gasteiger partial charge in [-0.05, 0) is 45.2 Å². The number of nitrogens with two attached hydrogens (primary N) is 2. The van der Waals surface area contributed by atoms with Crippen LogP contribution in [0.15, 0.2) is 34.8 Å². The van der Waals surface area contributed by atoms with Gasteiger partial charge in [0.05, 0.1) is 19.5 Å². The molecule has 2 saturated heterocycles. The second-order valence-corrected chi connectivity index (χ2v) is 16.9. The van der Waals surface area contributed by atoms with Crippen molar-refractivity contribution in [3.8, 4) is 0 Å². The summed E-state index contributed by atoms with van der Waals surface area (Å²) >= 11 is 0. The van der Waals surface area contributed by atoms with E-state index in [9.17, 15) is 43.3 Å². The summed E-state index contributed by atoms with van der Waals surface area (Å²) in [5, 5.41) is 17.5. The summed E-state index contributed by atoms with van der Waals surface area (Å²) in [4.78, 5) is 86.9. The molecular weight excluding hydrogens is 846 g/mol. The Morgan fingerprint density at radius 1 is 1.10 bits per heavy atom. The molecule has 2 aliphatic rings. The maximum Gasteiger partial charge on any atom is 0.472 e. The monoisotopic (exact) mass is 890 g/mol. The maximum atomic E-state index is 13.8. The second-order valence-electron chi connectivity index (χ2n) is 14.3. The molecule has 0 radical (unpaired) electrons. The lowest BCUT2D eigenvalue weighted by atomic mass is 10.1. The van der Waals surface area contributed by atoms with Crippen LogP contribution in [0.4, 0.5) is 16.4 Å². The zero-order valence-electron chi connectivity index (χ0n) is 32.1. The zero-order chi connectivity index (χ0) is 44.0. The average Bonchev–Trinajstić information content (AvgIpc) is 3.83. The summed E-state index contributed by atoms with van der Waals surface area (Å²) in [5.41, 5.74) is 18.5. The Hall–Kier alpha value is -4.82. The molecule has 5 heterocycles. The number of carbonyl (C=O) groups is 2. The number of nitrogens with zero attached hydrogens (tertiary/aromatic N) is 9. The number of carbonyl (C=O) groups excluding carboxylic acids is 2. The van der Waals surface area contributed by atoms with E-state index in [1.165, 1.54) is 23.2 Å². The molecule has 1 amide bonds. The van der Waals surface area contributed by atoms with Gasteiger partial charge in [-0.3, -0.25) is 22.7 Å². The van der Waals surface area contributed by atoms with Crippen LogP contribution in [-0.4, -0.2) is 123 Å². The Morgan fingerprint density at radius 2 is 1.83 bits per heavy atom. The van der Waals surface area contributed by atoms with Crippen molar-refractivity contribution in [3.05, 3.63) is 45.8 Å². The third-order valence-corrected chi connectivity index (χ3v) is 10.2. The molecule has 0 bridgehead atoms. The lowest BCUT2D eigenvalue weighted by molar-refractivity contribution is -0.159. The van der Waals surface area contributed by atoms with E-state index in [-0.39, 0.29) is 48.6 Å². The third-order valence-electron chi connectivity index (χ3n) is 8.68. The number of phosphoric ester groups is 2. The number of ether oxygens (including phenoxy) is 4. The molecule has 5 rings (SSSR count). The Kier molecular flexibility index (Phi) is 14.9. The van der Waals surface area contributed by atoms with Gasteiger partial charge in [-0.15, -0.1) is 0 Å². The fraction of sp³-hybridized carbons (Fsp3) is 0.633. The van der Waals surface area contributed by atoms with Gasteiger partial charge in [0.25, 0.3) is 0 Å². The lowest BCUT2D eigenvalue weighted by Gasteiger charge is -2.26. The summed E-state index contributed by atoms with van der Waals surface area (Å²) in [6, 6.07) is -0.109. The molecule has 2 fully saturated rings. The van der Waals surface area contributed by atoms with E-state index in [4.69, 9.17) is 45.0 Å². The molecule has 0 aromatic carbocycles. The highest BCUT2D eigenvalue weighted by molar-refractivity contribution is 7.47. The Bertz CT molecular complexity index is 2210. The molecule has 28 nitrogen and oxygen atoms in total. The minimum Gasteiger partial charge on any atom is -0.455 e. The first-order chi connectivity index (χ1) is 28.1. The van der Waals surface area contributed by atoms with Gasteiger partial charge in [-0.2, -0.15) is 4.98 Å². The molecule has 3 aromatic heterocycles. The van der Waals surface area contributed by atoms with E-state index in [1.54, 1.807) is 20.8 Å². The number of amides is 1. The number of hydrogen-bond donors (Lipinski definition) is 7. The number of aromatic nitrogens is 6. The molecule has 0 aliphatic carbocycles. The van der Waals surface area contributed by atoms with Crippen molar-refractivity contribution >= 4 is 50.5 Å². The molecule has 2 aliphatic heterocycles. The summed E-state index contributed by atoms with van der Waals surface area (Å²) in [6.07, 6.45) is -7.85. The number of rotatable bonds is 18. The third kappa shape index (κ3) is 12.4. The summed E-state index contributed by atoms with van der Waals surface area (Å²) < 4.78 is 65.1. The quantitative estimate of drug-likeness (QED) is 0.0231. The normalized spacial score (nSPS) is 24.7. The number of alkyl carbamates (subject to hydrolysis) is 1. The van der Waals surface area contributed by atoms with Crippen LogP contribution in [-0.2, 0) is 46.4 Å². The van der Waals surface area contributed by atoms with Crippen LogP contribution in [0, 0.1) is 0 Å². The van der Waals surface area contributed by atoms with Crippen molar-refractivity contribution in [3.63, 3.8) is 0 Å². The van der Waals surface area contributed by atoms with Gasteiger partial charge in [0, 0.05) is 24.1 Å². The van der Waals surface area contributed by atoms with E-state index >= 15 is 0 Å². The van der Waals surface area contributed by atoms with Gasteiger partial charge < -0.3 is 55.5 Å². The molecule has 30 heteroatoms. The van der Waals surface area contributed by atoms with Crippen molar-refractivity contribution in [2.75, 3.05) is 31.2 Å². The highest BCUT2D eigenvalue weighted by Crippen LogP contribution is 2.50. The van der Waals surface area contributed by atoms with Gasteiger partial charge in [0.15, 0.2) is 23.8 Å². The Labute approximate surface area is 338 Å². The van der Waals surface area contributed by atoms with Gasteiger partial charge >= 0.3 is 33.4 Å². The fourth-order valence-electron chi connectivity index (χ4n) is 6.09. The van der Waals surface area contributed by atoms with Crippen LogP contribution in [0.25, 0.3) is 21.6 Å². The molecule has 9 atom stereocenters. The summed E-state index contributed by atoms with van der Waals surface area (Å²) in [5.74, 6) is -1.20. The van der Waals surface area contributed by atoms with E-state index in [2.05, 4.69) is 39.8 Å². The minimum absolute atomic E-state index is 0.0100. The van der Waals surface area contributed by atoms with Gasteiger partial charge in [0.2, 0.25) is 0 Å². The van der Waals surface area contributed by atoms with Crippen molar-refractivity contribution in [2.45, 2.75) is 101 Å². The van der Waals surface area contributed by atoms with Crippen molar-refractivity contribution < 1.29 is 71.0 Å². The van der Waals surface area contributed by atoms with Crippen molar-refractivity contribution in [1.82, 2.24) is 34.4 Å². The number of hydrogen-bond acceptors (Lipinski definition) is 20. The molecule has 5 unspecified atom stereocenters. The number of fused-ring (bicyclic) bond motifs is 1. The van der Waals surface area contributed by atoms with E-state index in [1.807, 2.05) is 0 Å². The van der Waals surface area contributed by atoms with Crippen LogP contribution < -0.4 is 22.5 Å². The number of unbranched alkanes of at least 4 members (excludes halogenated alkanes) is 1. The number of nitrogen functional groups attached to an aromatic ring is 2. The van der Waals surface area contributed by atoms with Crippen LogP contribution in [0.1, 0.15) is 58.9 Å². The van der Waals surface area contributed by atoms with Crippen LogP contribution in [0.3, 0.4) is 0 Å². The maximum absolute atomic E-state index is 13.8. The highest BCUT2D eigenvalue weighted by atomic mass is 31.2. The lowest BCUT2D eigenvalue weighted by Crippen LogP contribution is -2.47. The first-order valence-corrected chi connectivity index (χ1v) is 21.0. The van der Waals surface area contributed by atoms with Crippen LogP contribution in [0.5, 0.6) is 0 Å². The van der Waals surface area contributed by atoms with Crippen molar-refractivity contribution in [2.24, 2.45) is 5.11 Å². The molecule has 3 aromatic rings. The largest absolute Gasteiger partial charge is 0.472 e. The van der Waals surface area contributed by atoms with E-state index in [0.29, 0.717) is 6.42 Å². The molecule has 60 heavy (non-hydrogen) atoms. The number of azide groups is 1. The summed E-state index contributed by atoms with van der Waals surface area (Å²) in [6.45, 7) is 3.13. The van der Waals surface area contributed by atoms with E-state index < -0.39 is 101 Å². The number of anilines is 2. The van der Waals surface area contributed by atoms with E-state index in [0.717, 1.165) is 10.9 Å². The number of imidazole rings is 1. The standard InChI is InChI=1S/C30H44N12O16P2/c1-30(2,3)57-29(46)38-15(6-4-5-8-37-40-33)27(44)56-23-18(55-26(22(23)43)42-14-36-21-24(32)34-13-35-25(21)42)12-53-60(50,51)58-16-10-20(41-9-7-19(31)39-28(41)45)54-17(16)11-52-59(47,48)49/h7,9,13-18,20,22-23,26,43H,4-6,8,10-12H2,1-3H3,(H,38,46)(H,50,51)(H2,31,39,45)(H2,32,34,35)(H2,47,48,49)/t15-,16+,17-,18?,20-,22?,23?,26?/m1/s1. The first-order valence-electron chi connectivity index (χ1n) is 18.0. The first kappa shape index (κ1) is 46.2. The molecule has 9 N–H and O–H groups in total. The van der Waals surface area contributed by atoms with Crippen LogP contribution in [0.2, 0.25) is 0 Å². The smallest absolute Gasteiger partial charge is 0.455 e. The molecule has 330 valence electrons. The number of aliphatic hydroxyl groups is 1. The number of esters is 1. The predicted molar refractivity (Wildman–Crippen MR) is 201 cm³/mol. The van der Waals surface area contributed by atoms with Crippen molar-refractivity contribution in [1.29, 1.82) is 0 Å². The number of phosphoric acid groups is 2. The fourth-order valence-corrected chi connectivity index (χ4v) is 7.39. The number of nitrogens with one attached hydrogen (secondary N) is 1. The minimum atomic E-state index is -5.24. The zero-order valence-corrected chi connectivity index (χ0v) is 33.9. The summed E-state index contributed by atoms with van der Waals surface area (Å²) in [7, 11) is -10.3. The van der Waals surface area contributed by atoms with Gasteiger partial charge in [0.1, 0.15) is 59.9 Å². The Morgan fingerprint density at radius 3 is 2.52 bits per heavy atom. The molecule has 0 saturated carbocycles. The second kappa shape index (κ2) is 19.3. The molecular formula is C30H44N12O16P2. The number of aliphatic hydroxyl groups excluding tert-OH is 1. The predicted octanol–water partition coefficient (Wildman–Crippen LogP) is 0.691. The van der Waals surface area contributed by atoms with Gasteiger partial charge in [-0.25, -0.2) is 38.5 Å². The molecule has 0 spiro atoms. The Balaban J connectivity index is 1.37. The topological polar surface area (TPSA) is 405 Å². The highest BCUT2D eigenvalue weighted by Gasteiger charge is 2.50. The average molecular weight is 891 g/mol. The van der Waals surface area contributed by atoms with Crippen LogP contribution >= 0.6 is 15.6 Å². The van der Waals surface area contributed by atoms with Gasteiger partial charge in [-0.1, -0.05) is 11.5 Å².